The number of carbonyl (C=O) groups is 1. The SMILES string of the molecule is CC(C)C1CCCN1CCC(=O)Nc1cccc(CN)c1. The Kier molecular flexibility index (Phi) is 5.76. The summed E-state index contributed by atoms with van der Waals surface area (Å²) in [5.41, 5.74) is 7.49. The van der Waals surface area contributed by atoms with Gasteiger partial charge in [0.1, 0.15) is 0 Å². The number of nitrogens with two attached hydrogens (primary N) is 1. The molecule has 0 radical (unpaired) electrons. The van der Waals surface area contributed by atoms with E-state index in [0.29, 0.717) is 24.9 Å². The van der Waals surface area contributed by atoms with Gasteiger partial charge in [0.25, 0.3) is 0 Å². The van der Waals surface area contributed by atoms with Gasteiger partial charge in [-0.2, -0.15) is 0 Å². The number of anilines is 1. The highest BCUT2D eigenvalue weighted by Gasteiger charge is 2.26. The molecule has 1 aromatic carbocycles. The van der Waals surface area contributed by atoms with Crippen LogP contribution >= 0.6 is 0 Å². The smallest absolute Gasteiger partial charge is 0.225 e. The van der Waals surface area contributed by atoms with Gasteiger partial charge in [0.2, 0.25) is 5.91 Å². The largest absolute Gasteiger partial charge is 0.326 e. The highest BCUT2D eigenvalue weighted by atomic mass is 16.1. The van der Waals surface area contributed by atoms with Crippen LogP contribution in [0.2, 0.25) is 0 Å². The first-order valence-electron chi connectivity index (χ1n) is 7.93. The molecule has 1 unspecified atom stereocenters. The number of nitrogens with one attached hydrogen (secondary N) is 1. The highest BCUT2D eigenvalue weighted by molar-refractivity contribution is 5.90. The number of benzene rings is 1. The molecule has 1 fully saturated rings. The van der Waals surface area contributed by atoms with Crippen molar-refractivity contribution in [1.82, 2.24) is 4.90 Å². The Labute approximate surface area is 127 Å². The van der Waals surface area contributed by atoms with Crippen molar-refractivity contribution in [2.24, 2.45) is 11.7 Å². The summed E-state index contributed by atoms with van der Waals surface area (Å²) >= 11 is 0. The van der Waals surface area contributed by atoms with Gasteiger partial charge in [0.15, 0.2) is 0 Å². The van der Waals surface area contributed by atoms with Crippen molar-refractivity contribution >= 4 is 11.6 Å². The molecule has 0 saturated carbocycles. The number of amides is 1. The Bertz CT molecular complexity index is 473. The van der Waals surface area contributed by atoms with Crippen LogP contribution in [-0.2, 0) is 11.3 Å². The van der Waals surface area contributed by atoms with Crippen LogP contribution in [-0.4, -0.2) is 29.9 Å². The average molecular weight is 289 g/mol. The van der Waals surface area contributed by atoms with Gasteiger partial charge in [-0.05, 0) is 43.0 Å². The molecule has 1 aliphatic rings. The van der Waals surface area contributed by atoms with Gasteiger partial charge in [-0.25, -0.2) is 0 Å². The molecule has 1 atom stereocenters. The van der Waals surface area contributed by atoms with Crippen LogP contribution in [0, 0.1) is 5.92 Å². The zero-order valence-electron chi connectivity index (χ0n) is 13.1. The summed E-state index contributed by atoms with van der Waals surface area (Å²) in [5.74, 6) is 0.746. The number of rotatable bonds is 6. The molecule has 4 nitrogen and oxygen atoms in total. The van der Waals surface area contributed by atoms with E-state index in [9.17, 15) is 4.79 Å². The lowest BCUT2D eigenvalue weighted by Gasteiger charge is -2.27. The molecular formula is C17H27N3O. The van der Waals surface area contributed by atoms with Crippen molar-refractivity contribution in [3.05, 3.63) is 29.8 Å². The third kappa shape index (κ3) is 4.55. The molecule has 1 aliphatic heterocycles. The minimum absolute atomic E-state index is 0.0820. The second kappa shape index (κ2) is 7.57. The first-order chi connectivity index (χ1) is 10.1. The molecule has 1 heterocycles. The summed E-state index contributed by atoms with van der Waals surface area (Å²) in [6.45, 7) is 7.00. The molecule has 0 bridgehead atoms. The second-order valence-corrected chi connectivity index (χ2v) is 6.19. The highest BCUT2D eigenvalue weighted by Crippen LogP contribution is 2.23. The zero-order valence-corrected chi connectivity index (χ0v) is 13.1. The van der Waals surface area contributed by atoms with E-state index in [4.69, 9.17) is 5.73 Å². The normalized spacial score (nSPS) is 19.1. The van der Waals surface area contributed by atoms with E-state index in [1.807, 2.05) is 24.3 Å². The van der Waals surface area contributed by atoms with E-state index in [1.54, 1.807) is 0 Å². The fraction of sp³-hybridized carbons (Fsp3) is 0.588. The maximum atomic E-state index is 12.1. The van der Waals surface area contributed by atoms with Gasteiger partial charge in [0, 0.05) is 31.2 Å². The second-order valence-electron chi connectivity index (χ2n) is 6.19. The van der Waals surface area contributed by atoms with Crippen LogP contribution in [0.25, 0.3) is 0 Å². The Morgan fingerprint density at radius 2 is 2.29 bits per heavy atom. The molecule has 0 spiro atoms. The Balaban J connectivity index is 1.82. The summed E-state index contributed by atoms with van der Waals surface area (Å²) in [6.07, 6.45) is 3.07. The maximum Gasteiger partial charge on any atom is 0.225 e. The third-order valence-electron chi connectivity index (χ3n) is 4.26. The average Bonchev–Trinajstić information content (AvgIpc) is 2.94. The fourth-order valence-electron chi connectivity index (χ4n) is 3.13. The monoisotopic (exact) mass is 289 g/mol. The Hall–Kier alpha value is -1.39. The maximum absolute atomic E-state index is 12.1. The molecular weight excluding hydrogens is 262 g/mol. The van der Waals surface area contributed by atoms with Crippen molar-refractivity contribution in [1.29, 1.82) is 0 Å². The molecule has 21 heavy (non-hydrogen) atoms. The van der Waals surface area contributed by atoms with Crippen molar-refractivity contribution in [3.8, 4) is 0 Å². The van der Waals surface area contributed by atoms with Crippen LogP contribution in [0.3, 0.4) is 0 Å². The Morgan fingerprint density at radius 3 is 3.00 bits per heavy atom. The predicted octanol–water partition coefficient (Wildman–Crippen LogP) is 2.59. The van der Waals surface area contributed by atoms with E-state index in [-0.39, 0.29) is 5.91 Å². The van der Waals surface area contributed by atoms with Gasteiger partial charge >= 0.3 is 0 Å². The lowest BCUT2D eigenvalue weighted by molar-refractivity contribution is -0.116. The van der Waals surface area contributed by atoms with Gasteiger partial charge < -0.3 is 11.1 Å². The topological polar surface area (TPSA) is 58.4 Å². The first-order valence-corrected chi connectivity index (χ1v) is 7.93. The van der Waals surface area contributed by atoms with E-state index >= 15 is 0 Å². The number of nitrogens with zero attached hydrogens (tertiary/aromatic N) is 1. The number of hydrogen-bond acceptors (Lipinski definition) is 3. The molecule has 116 valence electrons. The van der Waals surface area contributed by atoms with Crippen molar-refractivity contribution in [2.75, 3.05) is 18.4 Å². The fourth-order valence-corrected chi connectivity index (χ4v) is 3.13. The number of carbonyl (C=O) groups excluding carboxylic acids is 1. The zero-order chi connectivity index (χ0) is 15.2. The summed E-state index contributed by atoms with van der Waals surface area (Å²) in [7, 11) is 0. The molecule has 0 aliphatic carbocycles. The van der Waals surface area contributed by atoms with Gasteiger partial charge in [0.05, 0.1) is 0 Å². The lowest BCUT2D eigenvalue weighted by atomic mass is 10.0. The summed E-state index contributed by atoms with van der Waals surface area (Å²) < 4.78 is 0. The van der Waals surface area contributed by atoms with E-state index in [2.05, 4.69) is 24.1 Å². The van der Waals surface area contributed by atoms with Crippen LogP contribution in [0.1, 0.15) is 38.7 Å². The minimum Gasteiger partial charge on any atom is -0.326 e. The predicted molar refractivity (Wildman–Crippen MR) is 87.0 cm³/mol. The summed E-state index contributed by atoms with van der Waals surface area (Å²) in [4.78, 5) is 14.5. The lowest BCUT2D eigenvalue weighted by Crippen LogP contribution is -2.35. The van der Waals surface area contributed by atoms with Crippen LogP contribution in [0.15, 0.2) is 24.3 Å². The quantitative estimate of drug-likeness (QED) is 0.846. The van der Waals surface area contributed by atoms with Crippen molar-refractivity contribution < 1.29 is 4.79 Å². The van der Waals surface area contributed by atoms with Crippen molar-refractivity contribution in [3.63, 3.8) is 0 Å². The van der Waals surface area contributed by atoms with E-state index in [1.165, 1.54) is 12.8 Å². The molecule has 1 saturated heterocycles. The molecule has 0 aromatic heterocycles. The summed E-state index contributed by atoms with van der Waals surface area (Å²) in [6, 6.07) is 8.37. The van der Waals surface area contributed by atoms with Gasteiger partial charge in [-0.3, -0.25) is 9.69 Å². The van der Waals surface area contributed by atoms with Crippen molar-refractivity contribution in [2.45, 2.75) is 45.7 Å². The van der Waals surface area contributed by atoms with Gasteiger partial charge in [-0.15, -0.1) is 0 Å². The first kappa shape index (κ1) is 16.0. The molecule has 1 amide bonds. The molecule has 2 rings (SSSR count). The summed E-state index contributed by atoms with van der Waals surface area (Å²) in [5, 5.41) is 2.96. The van der Waals surface area contributed by atoms with Crippen LogP contribution < -0.4 is 11.1 Å². The standard InChI is InChI=1S/C17H27N3O/c1-13(2)16-7-4-9-20(16)10-8-17(21)19-15-6-3-5-14(11-15)12-18/h3,5-6,11,13,16H,4,7-10,12,18H2,1-2H3,(H,19,21). The van der Waals surface area contributed by atoms with Crippen LogP contribution in [0.4, 0.5) is 5.69 Å². The Morgan fingerprint density at radius 1 is 1.48 bits per heavy atom. The molecule has 1 aromatic rings. The minimum atomic E-state index is 0.0820. The third-order valence-corrected chi connectivity index (χ3v) is 4.26. The van der Waals surface area contributed by atoms with Gasteiger partial charge in [-0.1, -0.05) is 26.0 Å². The van der Waals surface area contributed by atoms with E-state index in [0.717, 1.165) is 24.3 Å². The van der Waals surface area contributed by atoms with Crippen LogP contribution in [0.5, 0.6) is 0 Å². The molecule has 3 N–H and O–H groups in total. The molecule has 4 heteroatoms. The number of hydrogen-bond donors (Lipinski definition) is 2. The van der Waals surface area contributed by atoms with E-state index < -0.39 is 0 Å². The number of likely N-dealkylation sites (tertiary alicyclic amines) is 1.